The molecule has 11 heteroatoms. The number of nitrogens with one attached hydrogen (secondary N) is 1. The summed E-state index contributed by atoms with van der Waals surface area (Å²) in [6.07, 6.45) is 1.19. The normalized spacial score (nSPS) is 11.6. The summed E-state index contributed by atoms with van der Waals surface area (Å²) in [6, 6.07) is 11.5. The first-order valence-corrected chi connectivity index (χ1v) is 11.5. The molecule has 172 valence electrons. The Morgan fingerprint density at radius 2 is 2.03 bits per heavy atom. The molecule has 0 aliphatic carbocycles. The Bertz CT molecular complexity index is 1180. The highest BCUT2D eigenvalue weighted by Crippen LogP contribution is 2.32. The summed E-state index contributed by atoms with van der Waals surface area (Å²) in [7, 11) is 0. The molecule has 2 amide bonds. The van der Waals surface area contributed by atoms with Crippen LogP contribution in [0.25, 0.3) is 0 Å². The Kier molecular flexibility index (Phi) is 8.37. The molecule has 2 aromatic carbocycles. The Hall–Kier alpha value is -3.01. The number of amides is 2. The molecule has 0 bridgehead atoms. The highest BCUT2D eigenvalue weighted by atomic mass is 35.5. The maximum atomic E-state index is 12.5. The molecule has 0 saturated carbocycles. The van der Waals surface area contributed by atoms with Crippen LogP contribution in [-0.4, -0.2) is 32.3 Å². The Balaban J connectivity index is 1.71. The van der Waals surface area contributed by atoms with E-state index in [0.717, 1.165) is 0 Å². The molecule has 8 nitrogen and oxygen atoms in total. The van der Waals surface area contributed by atoms with Crippen molar-refractivity contribution < 1.29 is 14.3 Å². The number of nitrogens with zero attached hydrogens (tertiary/aromatic N) is 3. The maximum Gasteiger partial charge on any atom is 0.250 e. The number of carbonyl (C=O) groups excluding carboxylic acids is 2. The fourth-order valence-corrected chi connectivity index (χ4v) is 4.02. The third-order valence-electron chi connectivity index (χ3n) is 4.42. The van der Waals surface area contributed by atoms with E-state index in [0.29, 0.717) is 39.0 Å². The number of nitrogens with two attached hydrogens (primary N) is 1. The topological polar surface area (TPSA) is 112 Å². The number of anilines is 1. The van der Waals surface area contributed by atoms with E-state index in [1.54, 1.807) is 53.1 Å². The number of rotatable bonds is 10. The molecule has 0 spiro atoms. The molecule has 0 aliphatic heterocycles. The number of primary amides is 1. The number of halogens is 2. The van der Waals surface area contributed by atoms with Crippen LogP contribution in [-0.2, 0) is 11.3 Å². The number of allylic oxidation sites excluding steroid dienone is 1. The van der Waals surface area contributed by atoms with Crippen LogP contribution in [0, 0.1) is 0 Å². The van der Waals surface area contributed by atoms with E-state index in [9.17, 15) is 9.59 Å². The zero-order valence-corrected chi connectivity index (χ0v) is 20.0. The van der Waals surface area contributed by atoms with Gasteiger partial charge in [-0.2, -0.15) is 0 Å². The van der Waals surface area contributed by atoms with Crippen molar-refractivity contribution in [1.29, 1.82) is 0 Å². The molecule has 3 aromatic rings. The Morgan fingerprint density at radius 1 is 1.27 bits per heavy atom. The van der Waals surface area contributed by atoms with Gasteiger partial charge in [0.05, 0.1) is 22.0 Å². The molecule has 0 saturated heterocycles. The predicted molar refractivity (Wildman–Crippen MR) is 130 cm³/mol. The summed E-state index contributed by atoms with van der Waals surface area (Å²) >= 11 is 13.4. The lowest BCUT2D eigenvalue weighted by Gasteiger charge is -2.16. The molecule has 3 rings (SSSR count). The predicted octanol–water partition coefficient (Wildman–Crippen LogP) is 4.74. The number of ether oxygens (including phenoxy) is 1. The second kappa shape index (κ2) is 11.2. The first-order valence-electron chi connectivity index (χ1n) is 9.77. The second-order valence-electron chi connectivity index (χ2n) is 6.82. The van der Waals surface area contributed by atoms with Gasteiger partial charge in [0.25, 0.3) is 5.91 Å². The highest BCUT2D eigenvalue weighted by molar-refractivity contribution is 7.99. The quantitative estimate of drug-likeness (QED) is 0.304. The number of thioether (sulfide) groups is 1. The van der Waals surface area contributed by atoms with E-state index in [4.69, 9.17) is 33.7 Å². The molecule has 0 radical (unpaired) electrons. The van der Waals surface area contributed by atoms with Crippen molar-refractivity contribution in [3.05, 3.63) is 76.6 Å². The molecule has 0 fully saturated rings. The van der Waals surface area contributed by atoms with Gasteiger partial charge in [0, 0.05) is 17.6 Å². The third-order valence-corrected chi connectivity index (χ3v) is 5.93. The lowest BCUT2D eigenvalue weighted by molar-refractivity contribution is -0.113. The van der Waals surface area contributed by atoms with E-state index < -0.39 is 12.0 Å². The zero-order valence-electron chi connectivity index (χ0n) is 17.6. The van der Waals surface area contributed by atoms with E-state index in [2.05, 4.69) is 22.1 Å². The summed E-state index contributed by atoms with van der Waals surface area (Å²) < 4.78 is 7.74. The molecule has 0 aliphatic rings. The van der Waals surface area contributed by atoms with Gasteiger partial charge in [0.1, 0.15) is 5.75 Å². The van der Waals surface area contributed by atoms with Gasteiger partial charge in [0.2, 0.25) is 5.91 Å². The first kappa shape index (κ1) is 24.6. The van der Waals surface area contributed by atoms with Crippen LogP contribution in [0.1, 0.15) is 29.2 Å². The number of carbonyl (C=O) groups is 2. The van der Waals surface area contributed by atoms with E-state index in [1.165, 1.54) is 11.8 Å². The maximum absolute atomic E-state index is 12.5. The van der Waals surface area contributed by atoms with Crippen LogP contribution in [0.2, 0.25) is 10.0 Å². The molecular weight excluding hydrogens is 485 g/mol. The average Bonchev–Trinajstić information content (AvgIpc) is 3.18. The third kappa shape index (κ3) is 6.28. The summed E-state index contributed by atoms with van der Waals surface area (Å²) in [4.78, 5) is 24.0. The fourth-order valence-electron chi connectivity index (χ4n) is 2.94. The summed E-state index contributed by atoms with van der Waals surface area (Å²) in [5.74, 6) is 0.0538. The van der Waals surface area contributed by atoms with Gasteiger partial charge >= 0.3 is 0 Å². The van der Waals surface area contributed by atoms with Gasteiger partial charge in [-0.3, -0.25) is 14.2 Å². The summed E-state index contributed by atoms with van der Waals surface area (Å²) in [5, 5.41) is 12.6. The molecule has 1 aromatic heterocycles. The van der Waals surface area contributed by atoms with Gasteiger partial charge in [-0.15, -0.1) is 16.8 Å². The summed E-state index contributed by atoms with van der Waals surface area (Å²) in [5.41, 5.74) is 5.94. The Morgan fingerprint density at radius 3 is 2.76 bits per heavy atom. The number of benzene rings is 2. The first-order chi connectivity index (χ1) is 15.8. The van der Waals surface area contributed by atoms with E-state index in [1.807, 2.05) is 6.92 Å². The van der Waals surface area contributed by atoms with Gasteiger partial charge < -0.3 is 15.8 Å². The van der Waals surface area contributed by atoms with Gasteiger partial charge in [0.15, 0.2) is 17.1 Å². The molecule has 3 N–H and O–H groups in total. The van der Waals surface area contributed by atoms with Crippen LogP contribution >= 0.6 is 35.0 Å². The largest absolute Gasteiger partial charge is 0.481 e. The van der Waals surface area contributed by atoms with Crippen LogP contribution in [0.15, 0.2) is 60.3 Å². The molecule has 1 atom stereocenters. The molecule has 1 heterocycles. The number of hydrogen-bond acceptors (Lipinski definition) is 6. The number of aromatic nitrogens is 3. The van der Waals surface area contributed by atoms with Crippen molar-refractivity contribution in [1.82, 2.24) is 14.8 Å². The van der Waals surface area contributed by atoms with Gasteiger partial charge in [-0.1, -0.05) is 53.2 Å². The van der Waals surface area contributed by atoms with Crippen molar-refractivity contribution in [2.75, 3.05) is 11.1 Å². The lowest BCUT2D eigenvalue weighted by Crippen LogP contribution is -2.19. The van der Waals surface area contributed by atoms with Gasteiger partial charge in [-0.05, 0) is 31.2 Å². The fraction of sp³-hybridized carbons (Fsp3) is 0.182. The molecular formula is C22H21Cl2N5O3S. The lowest BCUT2D eigenvalue weighted by atomic mass is 10.1. The number of para-hydroxylation sites is 1. The van der Waals surface area contributed by atoms with Crippen molar-refractivity contribution in [3.8, 4) is 5.75 Å². The minimum Gasteiger partial charge on any atom is -0.481 e. The Labute approximate surface area is 205 Å². The van der Waals surface area contributed by atoms with Crippen LogP contribution in [0.5, 0.6) is 5.75 Å². The molecule has 33 heavy (non-hydrogen) atoms. The smallest absolute Gasteiger partial charge is 0.250 e. The zero-order chi connectivity index (χ0) is 24.0. The van der Waals surface area contributed by atoms with Crippen LogP contribution in [0.4, 0.5) is 5.69 Å². The van der Waals surface area contributed by atoms with E-state index in [-0.39, 0.29) is 17.2 Å². The SMILES string of the molecule is C=CCn1c(SCC(=O)Nc2ccccc2C(N)=O)nnc1C(C)Oc1cc(Cl)ccc1Cl. The van der Waals surface area contributed by atoms with Crippen molar-refractivity contribution >= 4 is 52.5 Å². The minimum atomic E-state index is -0.622. The van der Waals surface area contributed by atoms with Crippen molar-refractivity contribution in [3.63, 3.8) is 0 Å². The van der Waals surface area contributed by atoms with Crippen LogP contribution < -0.4 is 15.8 Å². The average molecular weight is 506 g/mol. The number of hydrogen-bond donors (Lipinski definition) is 2. The summed E-state index contributed by atoms with van der Waals surface area (Å²) in [6.45, 7) is 5.99. The van der Waals surface area contributed by atoms with Crippen molar-refractivity contribution in [2.24, 2.45) is 5.73 Å². The monoisotopic (exact) mass is 505 g/mol. The minimum absolute atomic E-state index is 0.0394. The van der Waals surface area contributed by atoms with Crippen molar-refractivity contribution in [2.45, 2.75) is 24.7 Å². The molecule has 1 unspecified atom stereocenters. The second-order valence-corrected chi connectivity index (χ2v) is 8.61. The van der Waals surface area contributed by atoms with Gasteiger partial charge in [-0.25, -0.2) is 0 Å². The standard InChI is InChI=1S/C22H21Cl2N5O3S/c1-3-10-29-21(13(2)32-18-11-14(23)8-9-16(18)24)27-28-22(29)33-12-19(30)26-17-7-5-4-6-15(17)20(25)31/h3-9,11,13H,1,10,12H2,2H3,(H2,25,31)(H,26,30). The van der Waals surface area contributed by atoms with E-state index >= 15 is 0 Å². The van der Waals surface area contributed by atoms with Crippen LogP contribution in [0.3, 0.4) is 0 Å². The highest BCUT2D eigenvalue weighted by Gasteiger charge is 2.21.